The molecule has 0 spiro atoms. The summed E-state index contributed by atoms with van der Waals surface area (Å²) in [5, 5.41) is 2.80. The minimum atomic E-state index is -3.05. The number of rotatable bonds is 5. The third-order valence-electron chi connectivity index (χ3n) is 3.54. The number of ether oxygens (including phenoxy) is 1. The van der Waals surface area contributed by atoms with Crippen LogP contribution in [0.1, 0.15) is 6.42 Å². The molecular weight excluding hydrogens is 372 g/mol. The van der Waals surface area contributed by atoms with Gasteiger partial charge in [-0.2, -0.15) is 0 Å². The van der Waals surface area contributed by atoms with Crippen molar-refractivity contribution in [3.63, 3.8) is 0 Å². The first-order valence-electron chi connectivity index (χ1n) is 6.94. The largest absolute Gasteiger partial charge is 0.383 e. The summed E-state index contributed by atoms with van der Waals surface area (Å²) in [4.78, 5) is 14.0. The Hall–Kier alpha value is -1.12. The minimum absolute atomic E-state index is 0.0183. The number of hydrogen-bond donors (Lipinski definition) is 1. The summed E-state index contributed by atoms with van der Waals surface area (Å²) in [7, 11) is -1.49. The van der Waals surface area contributed by atoms with Crippen LogP contribution >= 0.6 is 15.9 Å². The van der Waals surface area contributed by atoms with Crippen molar-refractivity contribution >= 4 is 37.5 Å². The number of amides is 2. The average Bonchev–Trinajstić information content (AvgIpc) is 2.82. The Balaban J connectivity index is 2.07. The zero-order chi connectivity index (χ0) is 16.2. The molecule has 0 radical (unpaired) electrons. The average molecular weight is 391 g/mol. The second kappa shape index (κ2) is 7.43. The summed E-state index contributed by atoms with van der Waals surface area (Å²) in [6.45, 7) is 0.726. The monoisotopic (exact) mass is 390 g/mol. The van der Waals surface area contributed by atoms with Crippen molar-refractivity contribution in [1.82, 2.24) is 4.90 Å². The van der Waals surface area contributed by atoms with Gasteiger partial charge in [-0.1, -0.05) is 15.9 Å². The lowest BCUT2D eigenvalue weighted by molar-refractivity contribution is 0.140. The van der Waals surface area contributed by atoms with Crippen molar-refractivity contribution in [2.24, 2.45) is 0 Å². The lowest BCUT2D eigenvalue weighted by Gasteiger charge is -2.28. The maximum atomic E-state index is 12.5. The highest BCUT2D eigenvalue weighted by atomic mass is 79.9. The third-order valence-corrected chi connectivity index (χ3v) is 5.82. The van der Waals surface area contributed by atoms with Crippen LogP contribution in [-0.2, 0) is 14.6 Å². The lowest BCUT2D eigenvalue weighted by Crippen LogP contribution is -2.45. The van der Waals surface area contributed by atoms with Crippen LogP contribution in [0.15, 0.2) is 28.7 Å². The van der Waals surface area contributed by atoms with E-state index in [0.717, 1.165) is 4.47 Å². The Bertz CT molecular complexity index is 618. The Labute approximate surface area is 138 Å². The molecule has 1 saturated heterocycles. The fraction of sp³-hybridized carbons (Fsp3) is 0.500. The highest BCUT2D eigenvalue weighted by Gasteiger charge is 2.34. The summed E-state index contributed by atoms with van der Waals surface area (Å²) in [6, 6.07) is 6.62. The highest BCUT2D eigenvalue weighted by Crippen LogP contribution is 2.20. The van der Waals surface area contributed by atoms with Crippen molar-refractivity contribution in [3.8, 4) is 0 Å². The van der Waals surface area contributed by atoms with Crippen LogP contribution in [0.25, 0.3) is 0 Å². The first-order chi connectivity index (χ1) is 10.4. The lowest BCUT2D eigenvalue weighted by atomic mass is 10.2. The standard InChI is InChI=1S/C14H19BrN2O4S/c1-21-8-7-17(13-6-9-22(19,20)10-13)14(18)16-12-4-2-11(15)3-5-12/h2-5,13H,6-10H2,1H3,(H,16,18)/t13-/m1/s1. The summed E-state index contributed by atoms with van der Waals surface area (Å²) < 4.78 is 29.2. The van der Waals surface area contributed by atoms with E-state index < -0.39 is 9.84 Å². The number of carbonyl (C=O) groups excluding carboxylic acids is 1. The van der Waals surface area contributed by atoms with Gasteiger partial charge in [-0.3, -0.25) is 0 Å². The SMILES string of the molecule is COCCN(C(=O)Nc1ccc(Br)cc1)[C@@H]1CCS(=O)(=O)C1. The molecule has 2 rings (SSSR count). The number of nitrogens with zero attached hydrogens (tertiary/aromatic N) is 1. The fourth-order valence-corrected chi connectivity index (χ4v) is 4.38. The molecule has 0 bridgehead atoms. The van der Waals surface area contributed by atoms with Crippen molar-refractivity contribution < 1.29 is 17.9 Å². The Morgan fingerprint density at radius 3 is 2.64 bits per heavy atom. The van der Waals surface area contributed by atoms with E-state index in [-0.39, 0.29) is 23.6 Å². The highest BCUT2D eigenvalue weighted by molar-refractivity contribution is 9.10. The number of urea groups is 1. The first-order valence-corrected chi connectivity index (χ1v) is 9.55. The summed E-state index contributed by atoms with van der Waals surface area (Å²) in [5.74, 6) is 0.150. The summed E-state index contributed by atoms with van der Waals surface area (Å²) >= 11 is 3.33. The number of hydrogen-bond acceptors (Lipinski definition) is 4. The number of methoxy groups -OCH3 is 1. The van der Waals surface area contributed by atoms with Crippen LogP contribution in [0.3, 0.4) is 0 Å². The van der Waals surface area contributed by atoms with Crippen LogP contribution in [0, 0.1) is 0 Å². The van der Waals surface area contributed by atoms with Crippen LogP contribution in [0.2, 0.25) is 0 Å². The van der Waals surface area contributed by atoms with Crippen molar-refractivity contribution in [2.45, 2.75) is 12.5 Å². The van der Waals surface area contributed by atoms with Crippen LogP contribution in [0.5, 0.6) is 0 Å². The number of carbonyl (C=O) groups is 1. The van der Waals surface area contributed by atoms with E-state index in [2.05, 4.69) is 21.2 Å². The molecule has 8 heteroatoms. The van der Waals surface area contributed by atoms with E-state index in [1.807, 2.05) is 12.1 Å². The Morgan fingerprint density at radius 2 is 2.09 bits per heavy atom. The first kappa shape index (κ1) is 17.2. The number of nitrogens with one attached hydrogen (secondary N) is 1. The van der Waals surface area contributed by atoms with Gasteiger partial charge in [0.25, 0.3) is 0 Å². The van der Waals surface area contributed by atoms with Gasteiger partial charge in [-0.25, -0.2) is 13.2 Å². The molecule has 1 atom stereocenters. The van der Waals surface area contributed by atoms with Crippen molar-refractivity contribution in [1.29, 1.82) is 0 Å². The van der Waals surface area contributed by atoms with Gasteiger partial charge in [-0.05, 0) is 30.7 Å². The second-order valence-corrected chi connectivity index (χ2v) is 8.32. The number of benzene rings is 1. The van der Waals surface area contributed by atoms with E-state index in [1.165, 1.54) is 0 Å². The Kier molecular flexibility index (Phi) is 5.82. The van der Waals surface area contributed by atoms with Crippen LogP contribution < -0.4 is 5.32 Å². The van der Waals surface area contributed by atoms with Gasteiger partial charge in [0, 0.05) is 29.9 Å². The van der Waals surface area contributed by atoms with Gasteiger partial charge in [0.05, 0.1) is 18.1 Å². The Morgan fingerprint density at radius 1 is 1.41 bits per heavy atom. The molecule has 0 aromatic heterocycles. The van der Waals surface area contributed by atoms with E-state index in [1.54, 1.807) is 24.1 Å². The molecule has 1 aliphatic rings. The predicted octanol–water partition coefficient (Wildman–Crippen LogP) is 2.12. The van der Waals surface area contributed by atoms with Gasteiger partial charge in [0.1, 0.15) is 0 Å². The molecule has 6 nitrogen and oxygen atoms in total. The van der Waals surface area contributed by atoms with Crippen molar-refractivity contribution in [2.75, 3.05) is 37.1 Å². The van der Waals surface area contributed by atoms with E-state index in [9.17, 15) is 13.2 Å². The van der Waals surface area contributed by atoms with Gasteiger partial charge in [0.2, 0.25) is 0 Å². The van der Waals surface area contributed by atoms with Gasteiger partial charge < -0.3 is 15.0 Å². The third kappa shape index (κ3) is 4.69. The predicted molar refractivity (Wildman–Crippen MR) is 88.8 cm³/mol. The van der Waals surface area contributed by atoms with Gasteiger partial charge in [0.15, 0.2) is 9.84 Å². The molecule has 1 heterocycles. The molecule has 122 valence electrons. The van der Waals surface area contributed by atoms with E-state index in [0.29, 0.717) is 25.3 Å². The maximum absolute atomic E-state index is 12.5. The smallest absolute Gasteiger partial charge is 0.322 e. The molecule has 0 aliphatic carbocycles. The maximum Gasteiger partial charge on any atom is 0.322 e. The van der Waals surface area contributed by atoms with E-state index in [4.69, 9.17) is 4.74 Å². The number of halogens is 1. The molecule has 1 aromatic rings. The molecular formula is C14H19BrN2O4S. The molecule has 1 aliphatic heterocycles. The topological polar surface area (TPSA) is 75.7 Å². The zero-order valence-corrected chi connectivity index (χ0v) is 14.7. The van der Waals surface area contributed by atoms with Gasteiger partial charge >= 0.3 is 6.03 Å². The number of sulfone groups is 1. The molecule has 22 heavy (non-hydrogen) atoms. The van der Waals surface area contributed by atoms with E-state index >= 15 is 0 Å². The van der Waals surface area contributed by atoms with Crippen LogP contribution in [0.4, 0.5) is 10.5 Å². The molecule has 1 fully saturated rings. The molecule has 0 saturated carbocycles. The molecule has 0 unspecified atom stereocenters. The molecule has 1 N–H and O–H groups in total. The number of anilines is 1. The second-order valence-electron chi connectivity index (χ2n) is 5.18. The quantitative estimate of drug-likeness (QED) is 0.835. The summed E-state index contributed by atoms with van der Waals surface area (Å²) in [5.41, 5.74) is 0.663. The fourth-order valence-electron chi connectivity index (χ4n) is 2.39. The van der Waals surface area contributed by atoms with Gasteiger partial charge in [-0.15, -0.1) is 0 Å². The summed E-state index contributed by atoms with van der Waals surface area (Å²) in [6.07, 6.45) is 0.472. The zero-order valence-electron chi connectivity index (χ0n) is 12.3. The normalized spacial score (nSPS) is 19.8. The molecule has 1 aromatic carbocycles. The molecule has 2 amide bonds. The van der Waals surface area contributed by atoms with Crippen LogP contribution in [-0.4, -0.2) is 57.2 Å². The minimum Gasteiger partial charge on any atom is -0.383 e. The van der Waals surface area contributed by atoms with Crippen molar-refractivity contribution in [3.05, 3.63) is 28.7 Å².